The Bertz CT molecular complexity index is 1690. The fourth-order valence-electron chi connectivity index (χ4n) is 4.63. The summed E-state index contributed by atoms with van der Waals surface area (Å²) in [5.74, 6) is -1.62. The van der Waals surface area contributed by atoms with E-state index in [0.717, 1.165) is 22.0 Å². The van der Waals surface area contributed by atoms with E-state index in [9.17, 15) is 22.4 Å². The molecule has 4 aromatic carbocycles. The smallest absolute Gasteiger partial charge is 0.264 e. The van der Waals surface area contributed by atoms with Gasteiger partial charge in [-0.1, -0.05) is 77.8 Å². The van der Waals surface area contributed by atoms with Gasteiger partial charge in [0.15, 0.2) is 0 Å². The number of carbonyl (C=O) groups excluding carboxylic acids is 2. The lowest BCUT2D eigenvalue weighted by molar-refractivity contribution is -0.140. The first kappa shape index (κ1) is 33.0. The predicted octanol–water partition coefficient (Wildman–Crippen LogP) is 6.49. The second-order valence-corrected chi connectivity index (χ2v) is 13.1. The number of benzene rings is 4. The summed E-state index contributed by atoms with van der Waals surface area (Å²) < 4.78 is 42.6. The third-order valence-electron chi connectivity index (χ3n) is 6.76. The lowest BCUT2D eigenvalue weighted by atomic mass is 10.0. The van der Waals surface area contributed by atoms with E-state index in [0.29, 0.717) is 10.6 Å². The molecule has 0 aromatic heterocycles. The normalized spacial score (nSPS) is 12.0. The zero-order valence-electron chi connectivity index (χ0n) is 24.2. The number of anilines is 1. The Morgan fingerprint density at radius 1 is 0.818 bits per heavy atom. The van der Waals surface area contributed by atoms with E-state index in [4.69, 9.17) is 23.2 Å². The van der Waals surface area contributed by atoms with E-state index in [2.05, 4.69) is 5.32 Å². The molecule has 0 aliphatic heterocycles. The van der Waals surface area contributed by atoms with Crippen LogP contribution in [0.5, 0.6) is 0 Å². The molecular weight excluding hydrogens is 624 g/mol. The summed E-state index contributed by atoms with van der Waals surface area (Å²) in [5, 5.41) is 3.49. The maximum atomic E-state index is 14.4. The van der Waals surface area contributed by atoms with Crippen molar-refractivity contribution in [1.82, 2.24) is 10.2 Å². The highest BCUT2D eigenvalue weighted by atomic mass is 35.5. The Morgan fingerprint density at radius 3 is 2.02 bits per heavy atom. The minimum absolute atomic E-state index is 0.0495. The summed E-state index contributed by atoms with van der Waals surface area (Å²) in [6, 6.07) is 25.3. The fraction of sp³-hybridized carbons (Fsp3) is 0.212. The standard InChI is InChI=1S/C33H32Cl2FN3O4S/c1-23(2)37-33(41)31(20-24-9-5-3-6-10-24)38(21-25-13-18-29(34)30(35)19-25)32(40)22-39(27-16-14-26(36)15-17-27)44(42,43)28-11-7-4-8-12-28/h3-19,23,31H,20-22H2,1-2H3,(H,37,41)/t31-/m0/s1. The largest absolute Gasteiger partial charge is 0.352 e. The molecule has 230 valence electrons. The second kappa shape index (κ2) is 14.7. The third-order valence-corrected chi connectivity index (χ3v) is 9.29. The van der Waals surface area contributed by atoms with Crippen molar-refractivity contribution in [1.29, 1.82) is 0 Å². The van der Waals surface area contributed by atoms with Crippen LogP contribution >= 0.6 is 23.2 Å². The first-order valence-electron chi connectivity index (χ1n) is 13.9. The molecule has 7 nitrogen and oxygen atoms in total. The van der Waals surface area contributed by atoms with Crippen molar-refractivity contribution in [2.75, 3.05) is 10.8 Å². The van der Waals surface area contributed by atoms with Crippen molar-refractivity contribution in [2.45, 2.75) is 43.8 Å². The maximum Gasteiger partial charge on any atom is 0.264 e. The van der Waals surface area contributed by atoms with Gasteiger partial charge >= 0.3 is 0 Å². The van der Waals surface area contributed by atoms with E-state index in [1.165, 1.54) is 29.2 Å². The molecule has 0 heterocycles. The van der Waals surface area contributed by atoms with E-state index in [1.807, 2.05) is 44.2 Å². The van der Waals surface area contributed by atoms with Crippen molar-refractivity contribution in [3.8, 4) is 0 Å². The van der Waals surface area contributed by atoms with Crippen LogP contribution in [0.25, 0.3) is 0 Å². The van der Waals surface area contributed by atoms with Crippen molar-refractivity contribution in [3.63, 3.8) is 0 Å². The van der Waals surface area contributed by atoms with Gasteiger partial charge < -0.3 is 10.2 Å². The van der Waals surface area contributed by atoms with Crippen molar-refractivity contribution < 1.29 is 22.4 Å². The molecule has 44 heavy (non-hydrogen) atoms. The zero-order chi connectivity index (χ0) is 31.9. The van der Waals surface area contributed by atoms with Crippen LogP contribution in [-0.4, -0.2) is 43.8 Å². The zero-order valence-corrected chi connectivity index (χ0v) is 26.5. The number of nitrogens with zero attached hydrogens (tertiary/aromatic N) is 2. The van der Waals surface area contributed by atoms with Gasteiger partial charge in [0.05, 0.1) is 20.6 Å². The average Bonchev–Trinajstić information content (AvgIpc) is 3.00. The summed E-state index contributed by atoms with van der Waals surface area (Å²) in [5.41, 5.74) is 1.47. The highest BCUT2D eigenvalue weighted by Gasteiger charge is 2.35. The Balaban J connectivity index is 1.81. The number of carbonyl (C=O) groups is 2. The minimum atomic E-state index is -4.28. The molecule has 0 aliphatic rings. The number of hydrogen-bond donors (Lipinski definition) is 1. The number of rotatable bonds is 12. The summed E-state index contributed by atoms with van der Waals surface area (Å²) in [6.45, 7) is 2.89. The van der Waals surface area contributed by atoms with Gasteiger partial charge in [0.25, 0.3) is 10.0 Å². The molecule has 4 rings (SSSR count). The number of nitrogens with one attached hydrogen (secondary N) is 1. The Hall–Kier alpha value is -3.92. The van der Waals surface area contributed by atoms with Crippen LogP contribution in [0, 0.1) is 5.82 Å². The molecular formula is C33H32Cl2FN3O4S. The molecule has 1 N–H and O–H groups in total. The van der Waals surface area contributed by atoms with Gasteiger partial charge in [0.1, 0.15) is 18.4 Å². The molecule has 0 aliphatic carbocycles. The molecule has 0 saturated carbocycles. The van der Waals surface area contributed by atoms with E-state index < -0.39 is 40.2 Å². The first-order valence-corrected chi connectivity index (χ1v) is 16.1. The summed E-state index contributed by atoms with van der Waals surface area (Å²) in [6.07, 6.45) is 0.161. The van der Waals surface area contributed by atoms with Gasteiger partial charge in [-0.05, 0) is 73.5 Å². The summed E-state index contributed by atoms with van der Waals surface area (Å²) in [7, 11) is -4.28. The number of amides is 2. The number of halogens is 3. The van der Waals surface area contributed by atoms with Gasteiger partial charge in [-0.25, -0.2) is 12.8 Å². The van der Waals surface area contributed by atoms with Crippen LogP contribution in [-0.2, 0) is 32.6 Å². The second-order valence-electron chi connectivity index (χ2n) is 10.4. The molecule has 0 unspecified atom stereocenters. The van der Waals surface area contributed by atoms with Crippen LogP contribution in [0.4, 0.5) is 10.1 Å². The van der Waals surface area contributed by atoms with Gasteiger partial charge in [0.2, 0.25) is 11.8 Å². The molecule has 0 fully saturated rings. The van der Waals surface area contributed by atoms with Gasteiger partial charge in [0, 0.05) is 19.0 Å². The molecule has 0 radical (unpaired) electrons. The highest BCUT2D eigenvalue weighted by Crippen LogP contribution is 2.27. The molecule has 0 bridgehead atoms. The van der Waals surface area contributed by atoms with Gasteiger partial charge in [-0.3, -0.25) is 13.9 Å². The lowest BCUT2D eigenvalue weighted by Gasteiger charge is -2.34. The lowest BCUT2D eigenvalue weighted by Crippen LogP contribution is -2.54. The topological polar surface area (TPSA) is 86.8 Å². The predicted molar refractivity (Wildman–Crippen MR) is 172 cm³/mol. The molecule has 2 amide bonds. The Morgan fingerprint density at radius 2 is 1.43 bits per heavy atom. The Labute approximate surface area is 267 Å². The van der Waals surface area contributed by atoms with E-state index >= 15 is 0 Å². The maximum absolute atomic E-state index is 14.4. The average molecular weight is 657 g/mol. The molecule has 1 atom stereocenters. The van der Waals surface area contributed by atoms with Crippen LogP contribution in [0.2, 0.25) is 10.0 Å². The van der Waals surface area contributed by atoms with Crippen molar-refractivity contribution in [2.24, 2.45) is 0 Å². The molecule has 11 heteroatoms. The molecule has 0 spiro atoms. The monoisotopic (exact) mass is 655 g/mol. The number of sulfonamides is 1. The van der Waals surface area contributed by atoms with Crippen molar-refractivity contribution in [3.05, 3.63) is 130 Å². The van der Waals surface area contributed by atoms with Gasteiger partial charge in [-0.15, -0.1) is 0 Å². The third kappa shape index (κ3) is 8.37. The summed E-state index contributed by atoms with van der Waals surface area (Å²) in [4.78, 5) is 29.4. The summed E-state index contributed by atoms with van der Waals surface area (Å²) >= 11 is 12.4. The fourth-order valence-corrected chi connectivity index (χ4v) is 6.38. The quantitative estimate of drug-likeness (QED) is 0.189. The van der Waals surface area contributed by atoms with E-state index in [-0.39, 0.29) is 34.6 Å². The van der Waals surface area contributed by atoms with Gasteiger partial charge in [-0.2, -0.15) is 0 Å². The van der Waals surface area contributed by atoms with Crippen LogP contribution in [0.3, 0.4) is 0 Å². The van der Waals surface area contributed by atoms with E-state index in [1.54, 1.807) is 36.4 Å². The molecule has 4 aromatic rings. The van der Waals surface area contributed by atoms with Crippen LogP contribution < -0.4 is 9.62 Å². The SMILES string of the molecule is CC(C)NC(=O)[C@H](Cc1ccccc1)N(Cc1ccc(Cl)c(Cl)c1)C(=O)CN(c1ccc(F)cc1)S(=O)(=O)c1ccccc1. The van der Waals surface area contributed by atoms with Crippen LogP contribution in [0.15, 0.2) is 108 Å². The van der Waals surface area contributed by atoms with Crippen molar-refractivity contribution >= 4 is 50.7 Å². The highest BCUT2D eigenvalue weighted by molar-refractivity contribution is 7.92. The van der Waals surface area contributed by atoms with Crippen LogP contribution in [0.1, 0.15) is 25.0 Å². The molecule has 0 saturated heterocycles. The first-order chi connectivity index (χ1) is 21.0. The Kier molecular flexibility index (Phi) is 11.0. The number of hydrogen-bond acceptors (Lipinski definition) is 4. The minimum Gasteiger partial charge on any atom is -0.352 e.